The summed E-state index contributed by atoms with van der Waals surface area (Å²) in [5.41, 5.74) is 9.76. The number of anilines is 3. The van der Waals surface area contributed by atoms with E-state index in [4.69, 9.17) is 15.4 Å². The lowest BCUT2D eigenvalue weighted by Gasteiger charge is -2.19. The zero-order chi connectivity index (χ0) is 14.1. The molecule has 4 heteroatoms. The van der Waals surface area contributed by atoms with E-state index in [1.165, 1.54) is 0 Å². The zero-order valence-electron chi connectivity index (χ0n) is 11.0. The number of nitrogen functional groups attached to an aromatic ring is 1. The average molecular weight is 263 g/mol. The van der Waals surface area contributed by atoms with E-state index in [0.29, 0.717) is 11.3 Å². The van der Waals surface area contributed by atoms with Crippen LogP contribution in [0.5, 0.6) is 0 Å². The maximum absolute atomic E-state index is 8.88. The number of nitrogens with two attached hydrogens (primary N) is 1. The lowest BCUT2D eigenvalue weighted by atomic mass is 10.1. The van der Waals surface area contributed by atoms with Crippen molar-refractivity contribution in [1.29, 1.82) is 5.26 Å². The Bertz CT molecular complexity index is 814. The Labute approximate surface area is 116 Å². The highest BCUT2D eigenvalue weighted by Crippen LogP contribution is 2.35. The Hall–Kier alpha value is -2.93. The van der Waals surface area contributed by atoms with Crippen molar-refractivity contribution in [1.82, 2.24) is 0 Å². The molecule has 3 aromatic rings. The van der Waals surface area contributed by atoms with Gasteiger partial charge in [-0.3, -0.25) is 0 Å². The van der Waals surface area contributed by atoms with E-state index in [1.807, 2.05) is 42.3 Å². The number of rotatable bonds is 2. The predicted molar refractivity (Wildman–Crippen MR) is 79.8 cm³/mol. The molecule has 0 spiro atoms. The molecular formula is C16H13N3O. The van der Waals surface area contributed by atoms with Gasteiger partial charge in [-0.2, -0.15) is 5.26 Å². The van der Waals surface area contributed by atoms with E-state index in [-0.39, 0.29) is 0 Å². The first kappa shape index (κ1) is 12.1. The van der Waals surface area contributed by atoms with Gasteiger partial charge >= 0.3 is 0 Å². The molecular weight excluding hydrogens is 250 g/mol. The molecule has 3 rings (SSSR count). The topological polar surface area (TPSA) is 66.2 Å². The monoisotopic (exact) mass is 263 g/mol. The summed E-state index contributed by atoms with van der Waals surface area (Å²) in [5, 5.41) is 9.91. The molecule has 0 unspecified atom stereocenters. The third kappa shape index (κ3) is 1.86. The van der Waals surface area contributed by atoms with Crippen molar-refractivity contribution in [3.8, 4) is 6.07 Å². The molecule has 0 amide bonds. The highest BCUT2D eigenvalue weighted by molar-refractivity contribution is 5.94. The molecule has 98 valence electrons. The number of hydrogen-bond acceptors (Lipinski definition) is 4. The summed E-state index contributed by atoms with van der Waals surface area (Å²) in [6.07, 6.45) is 1.71. The number of nitriles is 1. The quantitative estimate of drug-likeness (QED) is 0.716. The lowest BCUT2D eigenvalue weighted by molar-refractivity contribution is 0.616. The first-order valence-corrected chi connectivity index (χ1v) is 6.20. The SMILES string of the molecule is CN(c1ccc(C#N)cc1N)c1coc2ccccc12. The molecule has 0 saturated carbocycles. The van der Waals surface area contributed by atoms with Crippen LogP contribution in [-0.2, 0) is 0 Å². The van der Waals surface area contributed by atoms with Crippen LogP contribution < -0.4 is 10.6 Å². The molecule has 0 atom stereocenters. The first-order chi connectivity index (χ1) is 9.70. The van der Waals surface area contributed by atoms with Crippen LogP contribution in [0.3, 0.4) is 0 Å². The van der Waals surface area contributed by atoms with Crippen LogP contribution in [0.2, 0.25) is 0 Å². The summed E-state index contributed by atoms with van der Waals surface area (Å²) in [6.45, 7) is 0. The van der Waals surface area contributed by atoms with Gasteiger partial charge in [0.1, 0.15) is 11.8 Å². The van der Waals surface area contributed by atoms with Crippen molar-refractivity contribution in [2.24, 2.45) is 0 Å². The van der Waals surface area contributed by atoms with Crippen LogP contribution in [0.4, 0.5) is 17.1 Å². The van der Waals surface area contributed by atoms with Gasteiger partial charge in [0, 0.05) is 12.4 Å². The largest absolute Gasteiger partial charge is 0.462 e. The van der Waals surface area contributed by atoms with E-state index in [2.05, 4.69) is 6.07 Å². The fourth-order valence-electron chi connectivity index (χ4n) is 2.28. The van der Waals surface area contributed by atoms with Crippen LogP contribution in [-0.4, -0.2) is 7.05 Å². The average Bonchev–Trinajstić information content (AvgIpc) is 2.90. The minimum atomic E-state index is 0.553. The van der Waals surface area contributed by atoms with Crippen molar-refractivity contribution < 1.29 is 4.42 Å². The number of furan rings is 1. The van der Waals surface area contributed by atoms with Crippen LogP contribution in [0.1, 0.15) is 5.56 Å². The number of hydrogen-bond donors (Lipinski definition) is 1. The molecule has 2 aromatic carbocycles. The van der Waals surface area contributed by atoms with Crippen LogP contribution in [0, 0.1) is 11.3 Å². The van der Waals surface area contributed by atoms with E-state index < -0.39 is 0 Å². The maximum Gasteiger partial charge on any atom is 0.136 e. The summed E-state index contributed by atoms with van der Waals surface area (Å²) in [7, 11) is 1.93. The van der Waals surface area contributed by atoms with Crippen molar-refractivity contribution >= 4 is 28.0 Å². The Morgan fingerprint density at radius 1 is 1.15 bits per heavy atom. The van der Waals surface area contributed by atoms with Crippen LogP contribution in [0.25, 0.3) is 11.0 Å². The molecule has 0 aliphatic carbocycles. The number of fused-ring (bicyclic) bond motifs is 1. The molecule has 4 nitrogen and oxygen atoms in total. The second kappa shape index (κ2) is 4.63. The van der Waals surface area contributed by atoms with Gasteiger partial charge in [-0.05, 0) is 30.3 Å². The van der Waals surface area contributed by atoms with Gasteiger partial charge in [0.15, 0.2) is 0 Å². The second-order valence-electron chi connectivity index (χ2n) is 4.56. The molecule has 0 aliphatic rings. The van der Waals surface area contributed by atoms with E-state index in [1.54, 1.807) is 18.4 Å². The van der Waals surface area contributed by atoms with Gasteiger partial charge in [-0.25, -0.2) is 0 Å². The third-order valence-electron chi connectivity index (χ3n) is 3.34. The number of para-hydroxylation sites is 1. The maximum atomic E-state index is 8.88. The summed E-state index contributed by atoms with van der Waals surface area (Å²) in [6, 6.07) is 15.2. The molecule has 0 fully saturated rings. The molecule has 1 aromatic heterocycles. The van der Waals surface area contributed by atoms with Crippen molar-refractivity contribution in [2.75, 3.05) is 17.7 Å². The third-order valence-corrected chi connectivity index (χ3v) is 3.34. The summed E-state index contributed by atoms with van der Waals surface area (Å²) < 4.78 is 5.54. The van der Waals surface area contributed by atoms with Crippen molar-refractivity contribution in [3.63, 3.8) is 0 Å². The fourth-order valence-corrected chi connectivity index (χ4v) is 2.28. The number of benzene rings is 2. The Kier molecular flexibility index (Phi) is 2.81. The van der Waals surface area contributed by atoms with Gasteiger partial charge in [-0.15, -0.1) is 0 Å². The Morgan fingerprint density at radius 3 is 2.70 bits per heavy atom. The van der Waals surface area contributed by atoms with Gasteiger partial charge in [0.25, 0.3) is 0 Å². The fraction of sp³-hybridized carbons (Fsp3) is 0.0625. The van der Waals surface area contributed by atoms with Gasteiger partial charge < -0.3 is 15.1 Å². The van der Waals surface area contributed by atoms with E-state index in [0.717, 1.165) is 22.3 Å². The molecule has 0 saturated heterocycles. The minimum Gasteiger partial charge on any atom is -0.462 e. The van der Waals surface area contributed by atoms with E-state index in [9.17, 15) is 0 Å². The highest BCUT2D eigenvalue weighted by atomic mass is 16.3. The molecule has 0 bridgehead atoms. The molecule has 0 radical (unpaired) electrons. The minimum absolute atomic E-state index is 0.553. The van der Waals surface area contributed by atoms with Gasteiger partial charge in [0.2, 0.25) is 0 Å². The summed E-state index contributed by atoms with van der Waals surface area (Å²) in [5.74, 6) is 0. The molecule has 0 aliphatic heterocycles. The Morgan fingerprint density at radius 2 is 1.95 bits per heavy atom. The second-order valence-corrected chi connectivity index (χ2v) is 4.56. The molecule has 20 heavy (non-hydrogen) atoms. The molecule has 2 N–H and O–H groups in total. The summed E-state index contributed by atoms with van der Waals surface area (Å²) in [4.78, 5) is 1.96. The standard InChI is InChI=1S/C16H13N3O/c1-19(14-7-6-11(9-17)8-13(14)18)15-10-20-16-5-3-2-4-12(15)16/h2-8,10H,18H2,1H3. The van der Waals surface area contributed by atoms with Gasteiger partial charge in [-0.1, -0.05) is 12.1 Å². The zero-order valence-corrected chi connectivity index (χ0v) is 11.0. The highest BCUT2D eigenvalue weighted by Gasteiger charge is 2.13. The number of nitrogens with zero attached hydrogens (tertiary/aromatic N) is 2. The normalized spacial score (nSPS) is 10.4. The van der Waals surface area contributed by atoms with Crippen molar-refractivity contribution in [3.05, 3.63) is 54.3 Å². The van der Waals surface area contributed by atoms with Crippen LogP contribution >= 0.6 is 0 Å². The first-order valence-electron chi connectivity index (χ1n) is 6.20. The smallest absolute Gasteiger partial charge is 0.136 e. The summed E-state index contributed by atoms with van der Waals surface area (Å²) >= 11 is 0. The van der Waals surface area contributed by atoms with Crippen molar-refractivity contribution in [2.45, 2.75) is 0 Å². The lowest BCUT2D eigenvalue weighted by Crippen LogP contribution is -2.11. The van der Waals surface area contributed by atoms with Gasteiger partial charge in [0.05, 0.1) is 28.7 Å². The predicted octanol–water partition coefficient (Wildman–Crippen LogP) is 3.65. The Balaban J connectivity index is 2.09. The molecule has 1 heterocycles. The van der Waals surface area contributed by atoms with E-state index >= 15 is 0 Å². The van der Waals surface area contributed by atoms with Crippen LogP contribution in [0.15, 0.2) is 53.1 Å².